The molecular formula is C30H41ClO2. The molecule has 0 aliphatic rings. The van der Waals surface area contributed by atoms with Crippen molar-refractivity contribution in [3.8, 4) is 11.5 Å². The third kappa shape index (κ3) is 7.54. The summed E-state index contributed by atoms with van der Waals surface area (Å²) in [4.78, 5) is 0. The maximum Gasteiger partial charge on any atom is 0.135 e. The fraction of sp³-hybridized carbons (Fsp3) is 0.533. The van der Waals surface area contributed by atoms with Gasteiger partial charge in [0, 0.05) is 26.6 Å². The molecule has 0 radical (unpaired) electrons. The van der Waals surface area contributed by atoms with E-state index in [1.807, 2.05) is 12.1 Å². The first kappa shape index (κ1) is 25.7. The maximum atomic E-state index is 6.42. The van der Waals surface area contributed by atoms with Crippen molar-refractivity contribution in [2.24, 2.45) is 0 Å². The fourth-order valence-corrected chi connectivity index (χ4v) is 4.67. The summed E-state index contributed by atoms with van der Waals surface area (Å²) in [7, 11) is 0. The molecule has 0 aromatic heterocycles. The molecule has 0 saturated heterocycles. The number of rotatable bonds is 16. The third-order valence-electron chi connectivity index (χ3n) is 6.38. The standard InChI is InChI=1S/C30H41ClO2/c1-3-5-7-9-11-15-21-32-29-25-17-13-14-18-26(25)30(28-23-24(31)19-20-27(28)29)33-22-16-12-10-8-6-4-2/h13-14,17-20,23H,3-12,15-16,21-22H2,1-2H3. The van der Waals surface area contributed by atoms with Crippen LogP contribution in [0.4, 0.5) is 0 Å². The molecule has 0 unspecified atom stereocenters. The van der Waals surface area contributed by atoms with Gasteiger partial charge in [-0.2, -0.15) is 0 Å². The second-order valence-corrected chi connectivity index (χ2v) is 9.56. The van der Waals surface area contributed by atoms with Crippen LogP contribution in [0.15, 0.2) is 42.5 Å². The topological polar surface area (TPSA) is 18.5 Å². The highest BCUT2D eigenvalue weighted by Crippen LogP contribution is 2.43. The summed E-state index contributed by atoms with van der Waals surface area (Å²) >= 11 is 6.42. The number of ether oxygens (including phenoxy) is 2. The summed E-state index contributed by atoms with van der Waals surface area (Å²) in [6.07, 6.45) is 15.1. The Balaban J connectivity index is 1.77. The van der Waals surface area contributed by atoms with Gasteiger partial charge in [-0.25, -0.2) is 0 Å². The number of hydrogen-bond acceptors (Lipinski definition) is 2. The van der Waals surface area contributed by atoms with Crippen molar-refractivity contribution in [2.75, 3.05) is 13.2 Å². The van der Waals surface area contributed by atoms with Crippen LogP contribution in [0.5, 0.6) is 11.5 Å². The first-order valence-electron chi connectivity index (χ1n) is 13.2. The highest BCUT2D eigenvalue weighted by atomic mass is 35.5. The van der Waals surface area contributed by atoms with Crippen LogP contribution in [-0.4, -0.2) is 13.2 Å². The van der Waals surface area contributed by atoms with E-state index in [1.54, 1.807) is 0 Å². The minimum atomic E-state index is 0.726. The Morgan fingerprint density at radius 3 is 1.55 bits per heavy atom. The van der Waals surface area contributed by atoms with Crippen LogP contribution < -0.4 is 9.47 Å². The summed E-state index contributed by atoms with van der Waals surface area (Å²) < 4.78 is 12.8. The monoisotopic (exact) mass is 468 g/mol. The molecule has 180 valence electrons. The van der Waals surface area contributed by atoms with Gasteiger partial charge in [0.25, 0.3) is 0 Å². The van der Waals surface area contributed by atoms with Crippen molar-refractivity contribution in [3.63, 3.8) is 0 Å². The van der Waals surface area contributed by atoms with Gasteiger partial charge in [0.15, 0.2) is 0 Å². The van der Waals surface area contributed by atoms with E-state index in [4.69, 9.17) is 21.1 Å². The molecule has 0 atom stereocenters. The largest absolute Gasteiger partial charge is 0.492 e. The van der Waals surface area contributed by atoms with E-state index in [1.165, 1.54) is 64.2 Å². The van der Waals surface area contributed by atoms with Crippen LogP contribution in [0, 0.1) is 0 Å². The molecular weight excluding hydrogens is 428 g/mol. The highest BCUT2D eigenvalue weighted by Gasteiger charge is 2.16. The summed E-state index contributed by atoms with van der Waals surface area (Å²) in [6, 6.07) is 14.5. The van der Waals surface area contributed by atoms with Gasteiger partial charge in [-0.3, -0.25) is 0 Å². The van der Waals surface area contributed by atoms with Gasteiger partial charge in [0.2, 0.25) is 0 Å². The van der Waals surface area contributed by atoms with Crippen LogP contribution in [0.25, 0.3) is 21.5 Å². The molecule has 3 rings (SSSR count). The van der Waals surface area contributed by atoms with E-state index >= 15 is 0 Å². The lowest BCUT2D eigenvalue weighted by molar-refractivity contribution is 0.306. The first-order valence-corrected chi connectivity index (χ1v) is 13.5. The lowest BCUT2D eigenvalue weighted by Crippen LogP contribution is -2.02. The number of unbranched alkanes of at least 4 members (excludes halogenated alkanes) is 10. The van der Waals surface area contributed by atoms with E-state index in [-0.39, 0.29) is 0 Å². The molecule has 0 saturated carbocycles. The Morgan fingerprint density at radius 2 is 1.00 bits per heavy atom. The van der Waals surface area contributed by atoms with E-state index in [0.717, 1.165) is 64.1 Å². The van der Waals surface area contributed by atoms with Crippen molar-refractivity contribution < 1.29 is 9.47 Å². The van der Waals surface area contributed by atoms with Gasteiger partial charge in [-0.15, -0.1) is 0 Å². The molecule has 0 fully saturated rings. The summed E-state index contributed by atoms with van der Waals surface area (Å²) in [5.41, 5.74) is 0. The molecule has 0 aliphatic heterocycles. The van der Waals surface area contributed by atoms with E-state index < -0.39 is 0 Å². The Bertz CT molecular complexity index is 982. The molecule has 3 heteroatoms. The van der Waals surface area contributed by atoms with Gasteiger partial charge in [-0.1, -0.05) is 114 Å². The molecule has 2 nitrogen and oxygen atoms in total. The molecule has 0 bridgehead atoms. The molecule has 0 amide bonds. The van der Waals surface area contributed by atoms with Crippen LogP contribution in [-0.2, 0) is 0 Å². The smallest absolute Gasteiger partial charge is 0.135 e. The van der Waals surface area contributed by atoms with Crippen molar-refractivity contribution >= 4 is 33.1 Å². The Hall–Kier alpha value is -1.93. The summed E-state index contributed by atoms with van der Waals surface area (Å²) in [5.74, 6) is 1.89. The first-order chi connectivity index (χ1) is 16.3. The van der Waals surface area contributed by atoms with Gasteiger partial charge < -0.3 is 9.47 Å². The minimum Gasteiger partial charge on any atom is -0.492 e. The van der Waals surface area contributed by atoms with Crippen LogP contribution in [0.1, 0.15) is 90.9 Å². The van der Waals surface area contributed by atoms with Crippen molar-refractivity contribution in [2.45, 2.75) is 90.9 Å². The Labute approximate surface area is 205 Å². The van der Waals surface area contributed by atoms with Crippen LogP contribution >= 0.6 is 11.6 Å². The normalized spacial score (nSPS) is 11.4. The summed E-state index contributed by atoms with van der Waals surface area (Å²) in [5, 5.41) is 5.09. The van der Waals surface area contributed by atoms with Crippen LogP contribution in [0.2, 0.25) is 5.02 Å². The number of halogens is 1. The molecule has 0 spiro atoms. The fourth-order valence-electron chi connectivity index (χ4n) is 4.50. The average molecular weight is 469 g/mol. The number of hydrogen-bond donors (Lipinski definition) is 0. The molecule has 33 heavy (non-hydrogen) atoms. The molecule has 3 aromatic carbocycles. The van der Waals surface area contributed by atoms with Crippen LogP contribution in [0.3, 0.4) is 0 Å². The zero-order valence-electron chi connectivity index (χ0n) is 20.6. The van der Waals surface area contributed by atoms with Crippen molar-refractivity contribution in [3.05, 3.63) is 47.5 Å². The average Bonchev–Trinajstić information content (AvgIpc) is 2.83. The lowest BCUT2D eigenvalue weighted by Gasteiger charge is -2.18. The number of fused-ring (bicyclic) bond motifs is 2. The quantitative estimate of drug-likeness (QED) is 0.154. The van der Waals surface area contributed by atoms with Crippen molar-refractivity contribution in [1.82, 2.24) is 0 Å². The van der Waals surface area contributed by atoms with Crippen molar-refractivity contribution in [1.29, 1.82) is 0 Å². The van der Waals surface area contributed by atoms with Gasteiger partial charge in [0.1, 0.15) is 11.5 Å². The molecule has 0 heterocycles. The van der Waals surface area contributed by atoms with E-state index in [0.29, 0.717) is 0 Å². The van der Waals surface area contributed by atoms with Gasteiger partial charge >= 0.3 is 0 Å². The minimum absolute atomic E-state index is 0.726. The highest BCUT2D eigenvalue weighted by molar-refractivity contribution is 6.31. The second kappa shape index (κ2) is 14.4. The lowest BCUT2D eigenvalue weighted by atomic mass is 10.0. The van der Waals surface area contributed by atoms with E-state index in [9.17, 15) is 0 Å². The number of benzene rings is 3. The third-order valence-corrected chi connectivity index (χ3v) is 6.61. The molecule has 0 N–H and O–H groups in total. The zero-order valence-corrected chi connectivity index (χ0v) is 21.4. The van der Waals surface area contributed by atoms with E-state index in [2.05, 4.69) is 44.2 Å². The zero-order chi connectivity index (χ0) is 23.3. The predicted molar refractivity (Wildman–Crippen MR) is 144 cm³/mol. The van der Waals surface area contributed by atoms with Gasteiger partial charge in [-0.05, 0) is 31.0 Å². The second-order valence-electron chi connectivity index (χ2n) is 9.13. The SMILES string of the molecule is CCCCCCCCOc1c2ccccc2c(OCCCCCCCC)c2cc(Cl)ccc12. The predicted octanol–water partition coefficient (Wildman–Crippen LogP) is 10.1. The van der Waals surface area contributed by atoms with Gasteiger partial charge in [0.05, 0.1) is 13.2 Å². The summed E-state index contributed by atoms with van der Waals surface area (Å²) in [6.45, 7) is 5.99. The molecule has 0 aliphatic carbocycles. The molecule has 3 aromatic rings. The Morgan fingerprint density at radius 1 is 0.545 bits per heavy atom. The Kier molecular flexibility index (Phi) is 11.2. The maximum absolute atomic E-state index is 6.42.